The molecular formula is C12H23KO. The summed E-state index contributed by atoms with van der Waals surface area (Å²) in [6.07, 6.45) is 13.5. The van der Waals surface area contributed by atoms with Crippen LogP contribution in [-0.4, -0.2) is 6.10 Å². The predicted octanol–water partition coefficient (Wildman–Crippen LogP) is 0.0240. The van der Waals surface area contributed by atoms with Gasteiger partial charge < -0.3 is 5.11 Å². The SMILES string of the molecule is [K+].[O-]C1CCCCCCCCCCC1. The Morgan fingerprint density at radius 2 is 0.857 bits per heavy atom. The van der Waals surface area contributed by atoms with Crippen molar-refractivity contribution in [2.24, 2.45) is 0 Å². The van der Waals surface area contributed by atoms with Crippen LogP contribution in [0.3, 0.4) is 0 Å². The molecule has 1 aliphatic carbocycles. The Kier molecular flexibility index (Phi) is 12.4. The normalized spacial score (nSPS) is 22.9. The molecule has 0 saturated heterocycles. The maximum atomic E-state index is 11.4. The molecule has 1 aliphatic rings. The van der Waals surface area contributed by atoms with Crippen LogP contribution in [0.15, 0.2) is 0 Å². The van der Waals surface area contributed by atoms with Crippen LogP contribution in [0, 0.1) is 0 Å². The first-order chi connectivity index (χ1) is 6.39. The number of hydrogen-bond donors (Lipinski definition) is 0. The van der Waals surface area contributed by atoms with E-state index in [1.54, 1.807) is 0 Å². The second kappa shape index (κ2) is 11.1. The fourth-order valence-electron chi connectivity index (χ4n) is 2.13. The van der Waals surface area contributed by atoms with Gasteiger partial charge in [-0.25, -0.2) is 0 Å². The van der Waals surface area contributed by atoms with Crippen LogP contribution in [-0.2, 0) is 0 Å². The molecule has 0 unspecified atom stereocenters. The Hall–Kier alpha value is 1.60. The van der Waals surface area contributed by atoms with Gasteiger partial charge in [0.15, 0.2) is 0 Å². The minimum atomic E-state index is -0.251. The quantitative estimate of drug-likeness (QED) is 0.530. The Bertz CT molecular complexity index is 105. The topological polar surface area (TPSA) is 23.1 Å². The zero-order valence-corrected chi connectivity index (χ0v) is 12.9. The van der Waals surface area contributed by atoms with E-state index in [1.165, 1.54) is 57.8 Å². The molecule has 0 spiro atoms. The van der Waals surface area contributed by atoms with Crippen LogP contribution < -0.4 is 56.5 Å². The molecule has 0 aromatic rings. The first-order valence-electron chi connectivity index (χ1n) is 6.05. The van der Waals surface area contributed by atoms with Crippen molar-refractivity contribution in [2.75, 3.05) is 0 Å². The summed E-state index contributed by atoms with van der Waals surface area (Å²) in [4.78, 5) is 0. The van der Waals surface area contributed by atoms with Gasteiger partial charge in [-0.1, -0.05) is 70.6 Å². The van der Waals surface area contributed by atoms with Crippen molar-refractivity contribution >= 4 is 0 Å². The van der Waals surface area contributed by atoms with Gasteiger partial charge in [0.25, 0.3) is 0 Å². The second-order valence-corrected chi connectivity index (χ2v) is 4.38. The molecule has 1 saturated carbocycles. The molecule has 0 aliphatic heterocycles. The fraction of sp³-hybridized carbons (Fsp3) is 1.00. The molecule has 0 heterocycles. The third-order valence-electron chi connectivity index (χ3n) is 3.05. The zero-order valence-electron chi connectivity index (χ0n) is 9.76. The monoisotopic (exact) mass is 222 g/mol. The maximum absolute atomic E-state index is 11.4. The molecule has 0 amide bonds. The van der Waals surface area contributed by atoms with Crippen molar-refractivity contribution in [1.82, 2.24) is 0 Å². The molecule has 0 aromatic carbocycles. The summed E-state index contributed by atoms with van der Waals surface area (Å²) < 4.78 is 0. The van der Waals surface area contributed by atoms with E-state index >= 15 is 0 Å². The summed E-state index contributed by atoms with van der Waals surface area (Å²) in [5.41, 5.74) is 0. The van der Waals surface area contributed by atoms with E-state index < -0.39 is 0 Å². The first-order valence-corrected chi connectivity index (χ1v) is 6.05. The van der Waals surface area contributed by atoms with Crippen molar-refractivity contribution in [2.45, 2.75) is 76.7 Å². The van der Waals surface area contributed by atoms with Gasteiger partial charge in [-0.2, -0.15) is 0 Å². The largest absolute Gasteiger partial charge is 1.00 e. The molecule has 0 bridgehead atoms. The van der Waals surface area contributed by atoms with E-state index in [1.807, 2.05) is 0 Å². The van der Waals surface area contributed by atoms with Gasteiger partial charge in [-0.3, -0.25) is 0 Å². The molecule has 1 fully saturated rings. The molecule has 1 nitrogen and oxygen atoms in total. The minimum absolute atomic E-state index is 0. The van der Waals surface area contributed by atoms with E-state index in [0.29, 0.717) is 0 Å². The summed E-state index contributed by atoms with van der Waals surface area (Å²) in [5, 5.41) is 11.4. The van der Waals surface area contributed by atoms with Crippen LogP contribution in [0.5, 0.6) is 0 Å². The Balaban J connectivity index is 0.00000169. The van der Waals surface area contributed by atoms with Gasteiger partial charge in [0.2, 0.25) is 0 Å². The van der Waals surface area contributed by atoms with Gasteiger partial charge in [-0.15, -0.1) is 6.10 Å². The third kappa shape index (κ3) is 8.87. The number of rotatable bonds is 0. The van der Waals surface area contributed by atoms with Gasteiger partial charge in [0.1, 0.15) is 0 Å². The molecule has 0 aromatic heterocycles. The Morgan fingerprint density at radius 3 is 1.21 bits per heavy atom. The zero-order chi connectivity index (χ0) is 9.36. The first kappa shape index (κ1) is 15.6. The van der Waals surface area contributed by atoms with Crippen molar-refractivity contribution in [3.63, 3.8) is 0 Å². The minimum Gasteiger partial charge on any atom is -0.852 e. The third-order valence-corrected chi connectivity index (χ3v) is 3.05. The van der Waals surface area contributed by atoms with Gasteiger partial charge >= 0.3 is 51.4 Å². The van der Waals surface area contributed by atoms with E-state index in [2.05, 4.69) is 0 Å². The Morgan fingerprint density at radius 1 is 0.571 bits per heavy atom. The molecule has 0 N–H and O–H groups in total. The van der Waals surface area contributed by atoms with Gasteiger partial charge in [0, 0.05) is 0 Å². The van der Waals surface area contributed by atoms with E-state index in [9.17, 15) is 5.11 Å². The fourth-order valence-corrected chi connectivity index (χ4v) is 2.13. The summed E-state index contributed by atoms with van der Waals surface area (Å²) in [6.45, 7) is 0. The van der Waals surface area contributed by atoms with E-state index in [-0.39, 0.29) is 57.5 Å². The average molecular weight is 222 g/mol. The predicted molar refractivity (Wildman–Crippen MR) is 54.6 cm³/mol. The van der Waals surface area contributed by atoms with Crippen molar-refractivity contribution in [1.29, 1.82) is 0 Å². The molecule has 78 valence electrons. The second-order valence-electron chi connectivity index (χ2n) is 4.38. The summed E-state index contributed by atoms with van der Waals surface area (Å²) >= 11 is 0. The van der Waals surface area contributed by atoms with Crippen LogP contribution in [0.2, 0.25) is 0 Å². The molecule has 14 heavy (non-hydrogen) atoms. The molecule has 2 heteroatoms. The van der Waals surface area contributed by atoms with Crippen LogP contribution in [0.1, 0.15) is 70.6 Å². The summed E-state index contributed by atoms with van der Waals surface area (Å²) in [7, 11) is 0. The van der Waals surface area contributed by atoms with Crippen molar-refractivity contribution in [3.05, 3.63) is 0 Å². The molecule has 0 radical (unpaired) electrons. The Labute approximate surface area is 131 Å². The summed E-state index contributed by atoms with van der Waals surface area (Å²) in [6, 6.07) is 0. The van der Waals surface area contributed by atoms with Gasteiger partial charge in [-0.05, 0) is 0 Å². The van der Waals surface area contributed by atoms with Crippen LogP contribution in [0.4, 0.5) is 0 Å². The summed E-state index contributed by atoms with van der Waals surface area (Å²) in [5.74, 6) is 0. The molecular weight excluding hydrogens is 199 g/mol. The van der Waals surface area contributed by atoms with E-state index in [4.69, 9.17) is 0 Å². The van der Waals surface area contributed by atoms with Crippen LogP contribution in [0.25, 0.3) is 0 Å². The van der Waals surface area contributed by atoms with Crippen molar-refractivity contribution in [3.8, 4) is 0 Å². The van der Waals surface area contributed by atoms with Gasteiger partial charge in [0.05, 0.1) is 0 Å². The smallest absolute Gasteiger partial charge is 0.852 e. The number of hydrogen-bond acceptors (Lipinski definition) is 1. The molecule has 1 rings (SSSR count). The average Bonchev–Trinajstić information content (AvgIpc) is 2.11. The standard InChI is InChI=1S/C12H23O.K/c13-12-10-8-6-4-2-1-3-5-7-9-11-12;/h12H,1-11H2;/q-1;+1. The van der Waals surface area contributed by atoms with E-state index in [0.717, 1.165) is 12.8 Å². The van der Waals surface area contributed by atoms with Crippen molar-refractivity contribution < 1.29 is 56.5 Å². The van der Waals surface area contributed by atoms with Crippen LogP contribution >= 0.6 is 0 Å². The molecule has 0 atom stereocenters. The maximum Gasteiger partial charge on any atom is 1.00 e.